The van der Waals surface area contributed by atoms with Crippen molar-refractivity contribution in [2.24, 2.45) is 5.73 Å². The van der Waals surface area contributed by atoms with Gasteiger partial charge in [0.2, 0.25) is 0 Å². The first-order chi connectivity index (χ1) is 10.5. The zero-order chi connectivity index (χ0) is 16.1. The summed E-state index contributed by atoms with van der Waals surface area (Å²) in [5.74, 6) is -0.476. The molecule has 0 unspecified atom stereocenters. The molecule has 1 heterocycles. The lowest BCUT2D eigenvalue weighted by Gasteiger charge is -2.06. The highest BCUT2D eigenvalue weighted by Crippen LogP contribution is 2.32. The number of carbonyl (C=O) groups is 2. The number of hydrogen-bond donors (Lipinski definition) is 2. The Morgan fingerprint density at radius 1 is 1.36 bits per heavy atom. The molecule has 0 aliphatic rings. The average Bonchev–Trinajstić information content (AvgIpc) is 2.82. The Morgan fingerprint density at radius 2 is 2.05 bits per heavy atom. The Hall–Kier alpha value is -2.85. The molecule has 0 atom stereocenters. The summed E-state index contributed by atoms with van der Waals surface area (Å²) in [4.78, 5) is 23.4. The number of primary amides is 1. The minimum absolute atomic E-state index is 0.197. The third kappa shape index (κ3) is 3.42. The molecule has 2 aromatic rings. The van der Waals surface area contributed by atoms with E-state index in [2.05, 4.69) is 5.32 Å². The van der Waals surface area contributed by atoms with Crippen molar-refractivity contribution in [2.45, 2.75) is 6.92 Å². The lowest BCUT2D eigenvalue weighted by Crippen LogP contribution is -2.20. The number of nitrogens with zero attached hydrogens (tertiary/aromatic N) is 1. The minimum atomic E-state index is -0.625. The molecule has 3 N–H and O–H groups in total. The van der Waals surface area contributed by atoms with Gasteiger partial charge in [-0.05, 0) is 24.6 Å². The van der Waals surface area contributed by atoms with Crippen LogP contribution in [0.1, 0.15) is 20.8 Å². The van der Waals surface area contributed by atoms with Crippen molar-refractivity contribution in [3.8, 4) is 11.8 Å². The molecule has 112 valence electrons. The predicted octanol–water partition coefficient (Wildman–Crippen LogP) is 2.04. The van der Waals surface area contributed by atoms with Gasteiger partial charge in [-0.15, -0.1) is 11.3 Å². The molecule has 22 heavy (non-hydrogen) atoms. The van der Waals surface area contributed by atoms with Crippen molar-refractivity contribution in [1.29, 1.82) is 5.26 Å². The van der Waals surface area contributed by atoms with Gasteiger partial charge in [-0.25, -0.2) is 0 Å². The fourth-order valence-corrected chi connectivity index (χ4v) is 2.83. The van der Waals surface area contributed by atoms with Gasteiger partial charge < -0.3 is 15.8 Å². The molecule has 0 bridgehead atoms. The first-order valence-corrected chi connectivity index (χ1v) is 7.15. The lowest BCUT2D eigenvalue weighted by molar-refractivity contribution is -0.118. The van der Waals surface area contributed by atoms with Gasteiger partial charge in [0.05, 0.1) is 10.4 Å². The van der Waals surface area contributed by atoms with Crippen LogP contribution < -0.4 is 15.8 Å². The molecular formula is C15H13N3O3S. The van der Waals surface area contributed by atoms with Gasteiger partial charge >= 0.3 is 0 Å². The molecule has 2 amide bonds. The van der Waals surface area contributed by atoms with Crippen LogP contribution >= 0.6 is 11.3 Å². The summed E-state index contributed by atoms with van der Waals surface area (Å²) in [6, 6.07) is 10.9. The minimum Gasteiger partial charge on any atom is -0.484 e. The smallest absolute Gasteiger partial charge is 0.262 e. The first-order valence-electron chi connectivity index (χ1n) is 6.34. The Kier molecular flexibility index (Phi) is 4.76. The second-order valence-electron chi connectivity index (χ2n) is 4.39. The van der Waals surface area contributed by atoms with Crippen molar-refractivity contribution in [1.82, 2.24) is 0 Å². The summed E-state index contributed by atoms with van der Waals surface area (Å²) in [5, 5.41) is 12.0. The van der Waals surface area contributed by atoms with E-state index >= 15 is 0 Å². The third-order valence-corrected chi connectivity index (χ3v) is 4.07. The van der Waals surface area contributed by atoms with E-state index in [-0.39, 0.29) is 17.0 Å². The predicted molar refractivity (Wildman–Crippen MR) is 82.9 cm³/mol. The highest BCUT2D eigenvalue weighted by atomic mass is 32.1. The van der Waals surface area contributed by atoms with Crippen molar-refractivity contribution in [3.05, 3.63) is 46.3 Å². The summed E-state index contributed by atoms with van der Waals surface area (Å²) in [7, 11) is 0. The molecule has 0 aliphatic heterocycles. The first kappa shape index (κ1) is 15.5. The number of hydrogen-bond acceptors (Lipinski definition) is 5. The highest BCUT2D eigenvalue weighted by molar-refractivity contribution is 7.18. The number of para-hydroxylation sites is 1. The molecule has 0 saturated heterocycles. The third-order valence-electron chi connectivity index (χ3n) is 2.85. The van der Waals surface area contributed by atoms with Crippen LogP contribution in [0.15, 0.2) is 30.3 Å². The van der Waals surface area contributed by atoms with Crippen LogP contribution in [0.25, 0.3) is 0 Å². The van der Waals surface area contributed by atoms with E-state index in [9.17, 15) is 9.59 Å². The Morgan fingerprint density at radius 3 is 2.64 bits per heavy atom. The molecule has 0 spiro atoms. The van der Waals surface area contributed by atoms with E-state index in [1.807, 2.05) is 12.1 Å². The van der Waals surface area contributed by atoms with E-state index in [0.717, 1.165) is 11.3 Å². The quantitative estimate of drug-likeness (QED) is 0.880. The van der Waals surface area contributed by atoms with Crippen LogP contribution in [-0.4, -0.2) is 18.4 Å². The Labute approximate surface area is 131 Å². The van der Waals surface area contributed by atoms with E-state index in [4.69, 9.17) is 15.7 Å². The zero-order valence-electron chi connectivity index (χ0n) is 11.8. The van der Waals surface area contributed by atoms with Gasteiger partial charge in [-0.2, -0.15) is 5.26 Å². The van der Waals surface area contributed by atoms with Crippen LogP contribution in [0.2, 0.25) is 0 Å². The summed E-state index contributed by atoms with van der Waals surface area (Å²) >= 11 is 0.984. The van der Waals surface area contributed by atoms with Crippen LogP contribution in [-0.2, 0) is 4.79 Å². The molecule has 7 heteroatoms. The fraction of sp³-hybridized carbons (Fsp3) is 0.133. The molecule has 0 radical (unpaired) electrons. The summed E-state index contributed by atoms with van der Waals surface area (Å²) in [5.41, 5.74) is 5.96. The number of nitriles is 1. The molecule has 0 fully saturated rings. The Bertz CT molecular complexity index is 747. The zero-order valence-corrected chi connectivity index (χ0v) is 12.6. The fourth-order valence-electron chi connectivity index (χ4n) is 1.80. The number of rotatable bonds is 5. The lowest BCUT2D eigenvalue weighted by atomic mass is 10.1. The van der Waals surface area contributed by atoms with E-state index in [1.54, 1.807) is 31.2 Å². The van der Waals surface area contributed by atoms with Gasteiger partial charge in [0, 0.05) is 0 Å². The van der Waals surface area contributed by atoms with Crippen molar-refractivity contribution < 1.29 is 14.3 Å². The molecule has 0 aliphatic carbocycles. The largest absolute Gasteiger partial charge is 0.484 e. The number of thiophene rings is 1. The number of benzene rings is 1. The van der Waals surface area contributed by atoms with Crippen LogP contribution in [0.3, 0.4) is 0 Å². The van der Waals surface area contributed by atoms with Crippen LogP contribution in [0, 0.1) is 18.3 Å². The number of anilines is 1. The number of ether oxygens (including phenoxy) is 1. The van der Waals surface area contributed by atoms with Gasteiger partial charge in [0.1, 0.15) is 16.8 Å². The van der Waals surface area contributed by atoms with E-state index < -0.39 is 11.8 Å². The van der Waals surface area contributed by atoms with E-state index in [0.29, 0.717) is 16.3 Å². The average molecular weight is 315 g/mol. The summed E-state index contributed by atoms with van der Waals surface area (Å²) < 4.78 is 5.32. The summed E-state index contributed by atoms with van der Waals surface area (Å²) in [6.07, 6.45) is 0. The van der Waals surface area contributed by atoms with Crippen molar-refractivity contribution >= 4 is 28.2 Å². The molecule has 1 aromatic heterocycles. The van der Waals surface area contributed by atoms with Gasteiger partial charge in [0.15, 0.2) is 6.61 Å². The maximum absolute atomic E-state index is 11.9. The van der Waals surface area contributed by atoms with Crippen molar-refractivity contribution in [3.63, 3.8) is 0 Å². The standard InChI is InChI=1S/C15H13N3O3S/c1-9-11(7-16)15(22-13(9)14(17)20)18-12(19)8-21-10-5-3-2-4-6-10/h2-6H,8H2,1H3,(H2,17,20)(H,18,19). The number of nitrogens with two attached hydrogens (primary N) is 1. The second kappa shape index (κ2) is 6.74. The van der Waals surface area contributed by atoms with Gasteiger partial charge in [0.25, 0.3) is 11.8 Å². The number of nitrogens with one attached hydrogen (secondary N) is 1. The summed E-state index contributed by atoms with van der Waals surface area (Å²) in [6.45, 7) is 1.42. The molecule has 1 aromatic carbocycles. The van der Waals surface area contributed by atoms with Crippen LogP contribution in [0.5, 0.6) is 5.75 Å². The monoisotopic (exact) mass is 315 g/mol. The van der Waals surface area contributed by atoms with Gasteiger partial charge in [-0.3, -0.25) is 9.59 Å². The topological polar surface area (TPSA) is 105 Å². The highest BCUT2D eigenvalue weighted by Gasteiger charge is 2.19. The maximum Gasteiger partial charge on any atom is 0.262 e. The normalized spacial score (nSPS) is 9.82. The van der Waals surface area contributed by atoms with Crippen molar-refractivity contribution in [2.75, 3.05) is 11.9 Å². The van der Waals surface area contributed by atoms with Gasteiger partial charge in [-0.1, -0.05) is 18.2 Å². The number of amides is 2. The van der Waals surface area contributed by atoms with Crippen LogP contribution in [0.4, 0.5) is 5.00 Å². The number of carbonyl (C=O) groups excluding carboxylic acids is 2. The molecule has 0 saturated carbocycles. The maximum atomic E-state index is 11.9. The van der Waals surface area contributed by atoms with E-state index in [1.165, 1.54) is 0 Å². The SMILES string of the molecule is Cc1c(C(N)=O)sc(NC(=O)COc2ccccc2)c1C#N. The molecule has 2 rings (SSSR count). The molecular weight excluding hydrogens is 302 g/mol. The Balaban J connectivity index is 2.07. The molecule has 6 nitrogen and oxygen atoms in total. The second-order valence-corrected chi connectivity index (χ2v) is 5.41.